The first-order valence-electron chi connectivity index (χ1n) is 11.1. The van der Waals surface area contributed by atoms with Crippen LogP contribution < -0.4 is 4.74 Å². The van der Waals surface area contributed by atoms with E-state index in [1.807, 2.05) is 4.90 Å². The number of benzene rings is 1. The van der Waals surface area contributed by atoms with Crippen LogP contribution in [0.5, 0.6) is 5.75 Å². The van der Waals surface area contributed by atoms with Gasteiger partial charge in [-0.15, -0.1) is 0 Å². The maximum Gasteiger partial charge on any atom is 0.228 e. The summed E-state index contributed by atoms with van der Waals surface area (Å²) in [5, 5.41) is 0.0117. The lowest BCUT2D eigenvalue weighted by atomic mass is 10.2. The molecule has 1 heterocycles. The van der Waals surface area contributed by atoms with Crippen LogP contribution in [0, 0.1) is 11.8 Å². The van der Waals surface area contributed by atoms with Gasteiger partial charge in [-0.25, -0.2) is 13.4 Å². The van der Waals surface area contributed by atoms with Gasteiger partial charge in [0.2, 0.25) is 20.9 Å². The molecule has 0 bridgehead atoms. The van der Waals surface area contributed by atoms with Gasteiger partial charge in [-0.05, 0) is 49.3 Å². The largest absolute Gasteiger partial charge is 0.497 e. The average Bonchev–Trinajstić information content (AvgIpc) is 3.70. The van der Waals surface area contributed by atoms with Crippen LogP contribution in [0.15, 0.2) is 35.6 Å². The highest BCUT2D eigenvalue weighted by Crippen LogP contribution is 2.35. The predicted octanol–water partition coefficient (Wildman–Crippen LogP) is 2.66. The van der Waals surface area contributed by atoms with E-state index in [-0.39, 0.29) is 22.7 Å². The van der Waals surface area contributed by atoms with Crippen molar-refractivity contribution in [3.63, 3.8) is 0 Å². The summed E-state index contributed by atoms with van der Waals surface area (Å²) in [6.07, 6.45) is 5.79. The van der Waals surface area contributed by atoms with Crippen molar-refractivity contribution in [1.29, 1.82) is 0 Å². The highest BCUT2D eigenvalue weighted by molar-refractivity contribution is 7.90. The Balaban J connectivity index is 1.59. The Bertz CT molecular complexity index is 1060. The van der Waals surface area contributed by atoms with E-state index in [9.17, 15) is 13.2 Å². The molecule has 2 aromatic rings. The zero-order chi connectivity index (χ0) is 22.7. The minimum absolute atomic E-state index is 0.0117. The van der Waals surface area contributed by atoms with Gasteiger partial charge in [0.15, 0.2) is 0 Å². The fourth-order valence-electron chi connectivity index (χ4n) is 3.86. The number of hydrogen-bond acceptors (Lipinski definition) is 6. The number of methoxy groups -OCH3 is 2. The molecule has 8 nitrogen and oxygen atoms in total. The maximum absolute atomic E-state index is 13.3. The standard InChI is InChI=1S/C23H31N3O5S/c1-30-11-10-26-20(15-25(14-17-6-7-17)22(27)19-8-9-19)13-24-23(26)32(28,29)16-18-4-3-5-21(12-18)31-2/h3-5,12-13,17,19H,6-11,14-16H2,1-2H3. The highest BCUT2D eigenvalue weighted by Gasteiger charge is 2.36. The second-order valence-electron chi connectivity index (χ2n) is 8.72. The van der Waals surface area contributed by atoms with Gasteiger partial charge >= 0.3 is 0 Å². The monoisotopic (exact) mass is 461 g/mol. The predicted molar refractivity (Wildman–Crippen MR) is 119 cm³/mol. The molecule has 4 rings (SSSR count). The SMILES string of the molecule is COCCn1c(CN(CC2CC2)C(=O)C2CC2)cnc1S(=O)(=O)Cc1cccc(OC)c1. The van der Waals surface area contributed by atoms with Crippen molar-refractivity contribution in [2.24, 2.45) is 11.8 Å². The van der Waals surface area contributed by atoms with Crippen molar-refractivity contribution in [3.8, 4) is 5.75 Å². The molecule has 0 N–H and O–H groups in total. The van der Waals surface area contributed by atoms with Crippen molar-refractivity contribution >= 4 is 15.7 Å². The van der Waals surface area contributed by atoms with Crippen LogP contribution in [0.1, 0.15) is 36.9 Å². The molecule has 0 saturated heterocycles. The van der Waals surface area contributed by atoms with E-state index < -0.39 is 9.84 Å². The molecule has 32 heavy (non-hydrogen) atoms. The van der Waals surface area contributed by atoms with Crippen molar-refractivity contribution in [2.75, 3.05) is 27.4 Å². The molecule has 0 aliphatic heterocycles. The van der Waals surface area contributed by atoms with E-state index in [1.165, 1.54) is 0 Å². The van der Waals surface area contributed by atoms with Gasteiger partial charge in [0.05, 0.1) is 37.9 Å². The van der Waals surface area contributed by atoms with Crippen LogP contribution in [-0.4, -0.2) is 56.1 Å². The number of rotatable bonds is 12. The number of nitrogens with zero attached hydrogens (tertiary/aromatic N) is 3. The Morgan fingerprint density at radius 2 is 2.00 bits per heavy atom. The first kappa shape index (κ1) is 22.8. The van der Waals surface area contributed by atoms with E-state index in [0.29, 0.717) is 36.9 Å². The molecule has 0 unspecified atom stereocenters. The van der Waals surface area contributed by atoms with Crippen molar-refractivity contribution in [3.05, 3.63) is 41.7 Å². The van der Waals surface area contributed by atoms with E-state index in [0.717, 1.165) is 37.9 Å². The van der Waals surface area contributed by atoms with Crippen LogP contribution in [0.2, 0.25) is 0 Å². The zero-order valence-corrected chi connectivity index (χ0v) is 19.5. The van der Waals surface area contributed by atoms with E-state index in [1.54, 1.807) is 49.2 Å². The molecule has 2 aliphatic carbocycles. The molecule has 9 heteroatoms. The number of sulfone groups is 1. The van der Waals surface area contributed by atoms with Crippen LogP contribution >= 0.6 is 0 Å². The summed E-state index contributed by atoms with van der Waals surface area (Å²) in [6, 6.07) is 7.02. The first-order valence-corrected chi connectivity index (χ1v) is 12.7. The zero-order valence-electron chi connectivity index (χ0n) is 18.7. The van der Waals surface area contributed by atoms with Crippen LogP contribution in [0.25, 0.3) is 0 Å². The topological polar surface area (TPSA) is 90.7 Å². The number of carbonyl (C=O) groups is 1. The van der Waals surface area contributed by atoms with Crippen LogP contribution in [0.3, 0.4) is 0 Å². The van der Waals surface area contributed by atoms with Gasteiger partial charge in [0.1, 0.15) is 5.75 Å². The molecule has 2 aliphatic rings. The third kappa shape index (κ3) is 5.50. The Labute approximate surface area is 189 Å². The second-order valence-corrected chi connectivity index (χ2v) is 10.6. The number of carbonyl (C=O) groups excluding carboxylic acids is 1. The van der Waals surface area contributed by atoms with Crippen molar-refractivity contribution < 1.29 is 22.7 Å². The second kappa shape index (κ2) is 9.62. The summed E-state index contributed by atoms with van der Waals surface area (Å²) in [5.41, 5.74) is 1.35. The average molecular weight is 462 g/mol. The summed E-state index contributed by atoms with van der Waals surface area (Å²) in [5.74, 6) is 1.29. The first-order chi connectivity index (χ1) is 15.4. The summed E-state index contributed by atoms with van der Waals surface area (Å²) in [4.78, 5) is 19.0. The molecule has 174 valence electrons. The van der Waals surface area contributed by atoms with Gasteiger partial charge < -0.3 is 18.9 Å². The molecule has 2 fully saturated rings. The molecule has 1 amide bonds. The Kier molecular flexibility index (Phi) is 6.85. The molecular formula is C23H31N3O5S. The van der Waals surface area contributed by atoms with Crippen molar-refractivity contribution in [2.45, 2.75) is 49.7 Å². The van der Waals surface area contributed by atoms with Gasteiger partial charge in [0, 0.05) is 26.1 Å². The molecule has 0 spiro atoms. The number of ether oxygens (including phenoxy) is 2. The van der Waals surface area contributed by atoms with E-state index >= 15 is 0 Å². The summed E-state index contributed by atoms with van der Waals surface area (Å²) < 4.78 is 38.7. The maximum atomic E-state index is 13.3. The van der Waals surface area contributed by atoms with E-state index in [2.05, 4.69) is 4.98 Å². The molecule has 0 atom stereocenters. The molecule has 1 aromatic carbocycles. The molecule has 1 aromatic heterocycles. The fourth-order valence-corrected chi connectivity index (χ4v) is 5.37. The fraction of sp³-hybridized carbons (Fsp3) is 0.565. The van der Waals surface area contributed by atoms with Gasteiger partial charge in [0.25, 0.3) is 0 Å². The van der Waals surface area contributed by atoms with E-state index in [4.69, 9.17) is 9.47 Å². The Morgan fingerprint density at radius 3 is 2.66 bits per heavy atom. The normalized spacial score (nSPS) is 16.2. The van der Waals surface area contributed by atoms with Gasteiger partial charge in [-0.2, -0.15) is 0 Å². The number of hydrogen-bond donors (Lipinski definition) is 0. The third-order valence-electron chi connectivity index (χ3n) is 5.96. The van der Waals surface area contributed by atoms with Gasteiger partial charge in [-0.1, -0.05) is 12.1 Å². The summed E-state index contributed by atoms with van der Waals surface area (Å²) in [7, 11) is -0.582. The lowest BCUT2D eigenvalue weighted by Gasteiger charge is -2.23. The third-order valence-corrected chi connectivity index (χ3v) is 7.55. The summed E-state index contributed by atoms with van der Waals surface area (Å²) >= 11 is 0. The van der Waals surface area contributed by atoms with Crippen LogP contribution in [0.4, 0.5) is 0 Å². The van der Waals surface area contributed by atoms with Gasteiger partial charge in [-0.3, -0.25) is 4.79 Å². The molecule has 2 saturated carbocycles. The minimum atomic E-state index is -3.71. The Hall–Kier alpha value is -2.39. The van der Waals surface area contributed by atoms with Crippen LogP contribution in [-0.2, 0) is 38.2 Å². The minimum Gasteiger partial charge on any atom is -0.497 e. The molecular weight excluding hydrogens is 430 g/mol. The molecule has 0 radical (unpaired) electrons. The van der Waals surface area contributed by atoms with Crippen molar-refractivity contribution in [1.82, 2.24) is 14.5 Å². The Morgan fingerprint density at radius 1 is 1.22 bits per heavy atom. The number of amides is 1. The number of imidazole rings is 1. The highest BCUT2D eigenvalue weighted by atomic mass is 32.2. The lowest BCUT2D eigenvalue weighted by molar-refractivity contribution is -0.133. The smallest absolute Gasteiger partial charge is 0.228 e. The lowest BCUT2D eigenvalue weighted by Crippen LogP contribution is -2.34. The number of aromatic nitrogens is 2. The summed E-state index contributed by atoms with van der Waals surface area (Å²) in [6.45, 7) is 1.81. The quantitative estimate of drug-likeness (QED) is 0.483.